The first kappa shape index (κ1) is 14.2. The fourth-order valence-corrected chi connectivity index (χ4v) is 1.77. The number of carbonyl (C=O) groups is 1. The molecule has 0 saturated heterocycles. The predicted molar refractivity (Wildman–Crippen MR) is 72.0 cm³/mol. The van der Waals surface area contributed by atoms with Crippen LogP contribution in [-0.2, 0) is 4.79 Å². The Labute approximate surface area is 108 Å². The normalized spacial score (nSPS) is 12.0. The van der Waals surface area contributed by atoms with Crippen molar-refractivity contribution < 1.29 is 4.79 Å². The number of anilines is 1. The molecule has 4 heteroatoms. The van der Waals surface area contributed by atoms with Crippen molar-refractivity contribution >= 4 is 11.6 Å². The van der Waals surface area contributed by atoms with Crippen LogP contribution in [0.5, 0.6) is 0 Å². The first-order valence-electron chi connectivity index (χ1n) is 5.99. The Morgan fingerprint density at radius 2 is 2.17 bits per heavy atom. The van der Waals surface area contributed by atoms with E-state index < -0.39 is 6.04 Å². The van der Waals surface area contributed by atoms with E-state index in [9.17, 15) is 4.79 Å². The number of nitrogens with zero attached hydrogens (tertiary/aromatic N) is 2. The summed E-state index contributed by atoms with van der Waals surface area (Å²) < 4.78 is 0. The number of amides is 1. The molecule has 1 aromatic carbocycles. The molecule has 0 unspecified atom stereocenters. The van der Waals surface area contributed by atoms with Crippen LogP contribution in [0.25, 0.3) is 0 Å². The van der Waals surface area contributed by atoms with Crippen LogP contribution in [0.2, 0.25) is 0 Å². The maximum absolute atomic E-state index is 12.1. The van der Waals surface area contributed by atoms with E-state index >= 15 is 0 Å². The van der Waals surface area contributed by atoms with E-state index in [1.165, 1.54) is 4.90 Å². The van der Waals surface area contributed by atoms with Crippen LogP contribution < -0.4 is 10.6 Å². The second kappa shape index (κ2) is 6.18. The van der Waals surface area contributed by atoms with Crippen LogP contribution in [0.1, 0.15) is 25.8 Å². The van der Waals surface area contributed by atoms with E-state index in [2.05, 4.69) is 6.07 Å². The maximum Gasteiger partial charge on any atom is 0.243 e. The topological polar surface area (TPSA) is 70.1 Å². The molecule has 1 amide bonds. The molecule has 1 atom stereocenters. The Morgan fingerprint density at radius 3 is 2.72 bits per heavy atom. The van der Waals surface area contributed by atoms with Gasteiger partial charge in [0.15, 0.2) is 0 Å². The number of benzene rings is 1. The van der Waals surface area contributed by atoms with Gasteiger partial charge in [-0.25, -0.2) is 0 Å². The molecule has 18 heavy (non-hydrogen) atoms. The van der Waals surface area contributed by atoms with Gasteiger partial charge in [0.2, 0.25) is 5.91 Å². The van der Waals surface area contributed by atoms with Crippen molar-refractivity contribution in [2.24, 2.45) is 11.7 Å². The van der Waals surface area contributed by atoms with Gasteiger partial charge in [0.1, 0.15) is 0 Å². The zero-order valence-electron chi connectivity index (χ0n) is 11.1. The second-order valence-electron chi connectivity index (χ2n) is 4.80. The Bertz CT molecular complexity index is 462. The number of nitrogens with two attached hydrogens (primary N) is 1. The lowest BCUT2D eigenvalue weighted by Crippen LogP contribution is -2.42. The molecule has 2 N–H and O–H groups in total. The zero-order chi connectivity index (χ0) is 13.7. The Kier molecular flexibility index (Phi) is 4.87. The van der Waals surface area contributed by atoms with Gasteiger partial charge in [-0.1, -0.05) is 19.9 Å². The summed E-state index contributed by atoms with van der Waals surface area (Å²) in [6.45, 7) is 4.06. The number of hydrogen-bond donors (Lipinski definition) is 1. The minimum Gasteiger partial charge on any atom is -0.320 e. The fourth-order valence-electron chi connectivity index (χ4n) is 1.77. The van der Waals surface area contributed by atoms with Crippen LogP contribution in [0.15, 0.2) is 24.3 Å². The van der Waals surface area contributed by atoms with E-state index in [1.807, 2.05) is 13.8 Å². The van der Waals surface area contributed by atoms with Gasteiger partial charge in [0, 0.05) is 12.7 Å². The predicted octanol–water partition coefficient (Wildman–Crippen LogP) is 1.89. The van der Waals surface area contributed by atoms with E-state index in [0.29, 0.717) is 23.6 Å². The Hall–Kier alpha value is -1.86. The molecule has 0 saturated carbocycles. The lowest BCUT2D eigenvalue weighted by molar-refractivity contribution is -0.119. The van der Waals surface area contributed by atoms with Crippen molar-refractivity contribution in [1.29, 1.82) is 5.26 Å². The largest absolute Gasteiger partial charge is 0.320 e. The number of rotatable bonds is 4. The third-order valence-electron chi connectivity index (χ3n) is 2.74. The minimum absolute atomic E-state index is 0.126. The second-order valence-corrected chi connectivity index (χ2v) is 4.80. The van der Waals surface area contributed by atoms with Crippen molar-refractivity contribution in [3.05, 3.63) is 29.8 Å². The highest BCUT2D eigenvalue weighted by Gasteiger charge is 2.20. The Morgan fingerprint density at radius 1 is 1.50 bits per heavy atom. The summed E-state index contributed by atoms with van der Waals surface area (Å²) in [5, 5.41) is 8.83. The van der Waals surface area contributed by atoms with Gasteiger partial charge < -0.3 is 10.6 Å². The highest BCUT2D eigenvalue weighted by atomic mass is 16.2. The van der Waals surface area contributed by atoms with E-state index in [1.54, 1.807) is 31.3 Å². The summed E-state index contributed by atoms with van der Waals surface area (Å²) in [5.74, 6) is 0.251. The summed E-state index contributed by atoms with van der Waals surface area (Å²) >= 11 is 0. The number of likely N-dealkylation sites (N-methyl/N-ethyl adjacent to an activating group) is 1. The van der Waals surface area contributed by atoms with E-state index in [0.717, 1.165) is 0 Å². The molecule has 0 heterocycles. The molecule has 1 rings (SSSR count). The van der Waals surface area contributed by atoms with Crippen LogP contribution in [0.4, 0.5) is 5.69 Å². The number of hydrogen-bond acceptors (Lipinski definition) is 3. The maximum atomic E-state index is 12.1. The molecule has 0 radical (unpaired) electrons. The molecule has 0 aliphatic carbocycles. The summed E-state index contributed by atoms with van der Waals surface area (Å²) in [7, 11) is 1.68. The lowest BCUT2D eigenvalue weighted by atomic mass is 10.0. The van der Waals surface area contributed by atoms with E-state index in [-0.39, 0.29) is 5.91 Å². The molecular weight excluding hydrogens is 226 g/mol. The standard InChI is InChI=1S/C14H19N3O/c1-10(2)7-13(16)14(18)17(3)12-6-4-5-11(8-12)9-15/h4-6,8,10,13H,7,16H2,1-3H3/t13-/m1/s1. The quantitative estimate of drug-likeness (QED) is 0.880. The third-order valence-corrected chi connectivity index (χ3v) is 2.74. The first-order chi connectivity index (χ1) is 8.45. The van der Waals surface area contributed by atoms with Crippen molar-refractivity contribution in [2.45, 2.75) is 26.3 Å². The zero-order valence-corrected chi connectivity index (χ0v) is 11.1. The van der Waals surface area contributed by atoms with Gasteiger partial charge >= 0.3 is 0 Å². The summed E-state index contributed by atoms with van der Waals surface area (Å²) in [4.78, 5) is 13.6. The molecular formula is C14H19N3O. The summed E-state index contributed by atoms with van der Waals surface area (Å²) in [6.07, 6.45) is 0.654. The third kappa shape index (κ3) is 3.57. The fraction of sp³-hybridized carbons (Fsp3) is 0.429. The minimum atomic E-state index is -0.499. The average molecular weight is 245 g/mol. The Balaban J connectivity index is 2.83. The van der Waals surface area contributed by atoms with Crippen LogP contribution >= 0.6 is 0 Å². The van der Waals surface area contributed by atoms with Gasteiger partial charge in [0.25, 0.3) is 0 Å². The number of carbonyl (C=O) groups excluding carboxylic acids is 1. The molecule has 4 nitrogen and oxygen atoms in total. The molecule has 0 aliphatic rings. The molecule has 0 spiro atoms. The van der Waals surface area contributed by atoms with Gasteiger partial charge in [-0.15, -0.1) is 0 Å². The van der Waals surface area contributed by atoms with Gasteiger partial charge in [-0.05, 0) is 30.5 Å². The first-order valence-corrected chi connectivity index (χ1v) is 5.99. The molecule has 0 aromatic heterocycles. The molecule has 1 aromatic rings. The van der Waals surface area contributed by atoms with Crippen LogP contribution in [0, 0.1) is 17.2 Å². The van der Waals surface area contributed by atoms with Crippen molar-refractivity contribution in [3.63, 3.8) is 0 Å². The van der Waals surface area contributed by atoms with Gasteiger partial charge in [0.05, 0.1) is 17.7 Å². The van der Waals surface area contributed by atoms with Crippen molar-refractivity contribution in [2.75, 3.05) is 11.9 Å². The summed E-state index contributed by atoms with van der Waals surface area (Å²) in [6, 6.07) is 8.49. The highest BCUT2D eigenvalue weighted by molar-refractivity contribution is 5.96. The molecule has 0 fully saturated rings. The monoisotopic (exact) mass is 245 g/mol. The summed E-state index contributed by atoms with van der Waals surface area (Å²) in [5.41, 5.74) is 7.10. The smallest absolute Gasteiger partial charge is 0.243 e. The van der Waals surface area contributed by atoms with Crippen molar-refractivity contribution in [1.82, 2.24) is 0 Å². The number of nitriles is 1. The van der Waals surface area contributed by atoms with Crippen molar-refractivity contribution in [3.8, 4) is 6.07 Å². The SMILES string of the molecule is CC(C)C[C@@H](N)C(=O)N(C)c1cccc(C#N)c1. The highest BCUT2D eigenvalue weighted by Crippen LogP contribution is 2.16. The molecule has 0 bridgehead atoms. The average Bonchev–Trinajstić information content (AvgIpc) is 2.36. The van der Waals surface area contributed by atoms with Crippen LogP contribution in [0.3, 0.4) is 0 Å². The lowest BCUT2D eigenvalue weighted by Gasteiger charge is -2.22. The van der Waals surface area contributed by atoms with Crippen LogP contribution in [-0.4, -0.2) is 19.0 Å². The molecule has 96 valence electrons. The van der Waals surface area contributed by atoms with E-state index in [4.69, 9.17) is 11.0 Å². The van der Waals surface area contributed by atoms with Gasteiger partial charge in [-0.2, -0.15) is 5.26 Å². The van der Waals surface area contributed by atoms with Gasteiger partial charge in [-0.3, -0.25) is 4.79 Å². The molecule has 0 aliphatic heterocycles.